The third-order valence-electron chi connectivity index (χ3n) is 7.17. The Morgan fingerprint density at radius 2 is 1.46 bits per heavy atom. The molecule has 1 atom stereocenters. The number of halogens is 5. The molecule has 4 rings (SSSR count). The highest BCUT2D eigenvalue weighted by Gasteiger charge is 2.38. The zero-order valence-corrected chi connectivity index (χ0v) is 21.1. The van der Waals surface area contributed by atoms with Crippen LogP contribution in [0.2, 0.25) is 0 Å². The van der Waals surface area contributed by atoms with Crippen molar-refractivity contribution in [1.29, 1.82) is 0 Å². The molecule has 0 amide bonds. The normalized spacial score (nSPS) is 19.9. The zero-order chi connectivity index (χ0) is 26.6. The van der Waals surface area contributed by atoms with Crippen molar-refractivity contribution >= 4 is 10.0 Å². The Bertz CT molecular complexity index is 1170. The van der Waals surface area contributed by atoms with Crippen molar-refractivity contribution in [2.24, 2.45) is 5.41 Å². The van der Waals surface area contributed by atoms with E-state index >= 15 is 0 Å². The van der Waals surface area contributed by atoms with Gasteiger partial charge in [0, 0.05) is 13.2 Å². The van der Waals surface area contributed by atoms with Gasteiger partial charge in [0.25, 0.3) is 0 Å². The zero-order valence-electron chi connectivity index (χ0n) is 20.3. The van der Waals surface area contributed by atoms with Gasteiger partial charge in [0.15, 0.2) is 34.5 Å². The Labute approximate surface area is 213 Å². The molecule has 1 N–H and O–H groups in total. The number of ether oxygens (including phenoxy) is 2. The minimum atomic E-state index is -5.00. The van der Waals surface area contributed by atoms with E-state index in [1.807, 2.05) is 24.3 Å². The fraction of sp³-hybridized carbons (Fsp3) is 0.538. The van der Waals surface area contributed by atoms with Gasteiger partial charge in [-0.25, -0.2) is 35.1 Å². The first-order valence-electron chi connectivity index (χ1n) is 12.4. The second-order valence-electron chi connectivity index (χ2n) is 9.84. The van der Waals surface area contributed by atoms with Gasteiger partial charge in [0.1, 0.15) is 0 Å². The lowest BCUT2D eigenvalue weighted by atomic mass is 9.80. The molecule has 1 heterocycles. The largest absolute Gasteiger partial charge is 0.353 e. The van der Waals surface area contributed by atoms with Gasteiger partial charge in [-0.15, -0.1) is 0 Å². The highest BCUT2D eigenvalue weighted by atomic mass is 32.2. The standard InChI is InChI=1S/C26H30F5NO4S/c27-20-21(28)23(30)25(24(31)22(20)29)37(33,34)32-16-26(11-2-3-12-26)15-18-8-6-17(7-9-18)10-14-36-19-5-1-4-13-35-19/h6-9,19,32H,1-5,10-16H2. The number of rotatable bonds is 10. The molecule has 2 aliphatic rings. The van der Waals surface area contributed by atoms with Gasteiger partial charge < -0.3 is 9.47 Å². The molecular formula is C26H30F5NO4S. The number of hydrogen-bond donors (Lipinski definition) is 1. The van der Waals surface area contributed by atoms with E-state index in [9.17, 15) is 30.4 Å². The van der Waals surface area contributed by atoms with Crippen LogP contribution >= 0.6 is 0 Å². The molecule has 11 heteroatoms. The lowest BCUT2D eigenvalue weighted by Gasteiger charge is -2.29. The van der Waals surface area contributed by atoms with Crippen LogP contribution in [0.1, 0.15) is 56.1 Å². The van der Waals surface area contributed by atoms with Gasteiger partial charge in [-0.1, -0.05) is 37.1 Å². The maximum absolute atomic E-state index is 14.1. The first kappa shape index (κ1) is 27.9. The maximum Gasteiger partial charge on any atom is 0.246 e. The van der Waals surface area contributed by atoms with E-state index in [2.05, 4.69) is 4.72 Å². The van der Waals surface area contributed by atoms with Crippen LogP contribution in [0.4, 0.5) is 22.0 Å². The predicted octanol–water partition coefficient (Wildman–Crippen LogP) is 5.55. The third kappa shape index (κ3) is 6.50. The molecule has 1 aliphatic carbocycles. The Balaban J connectivity index is 1.40. The summed E-state index contributed by atoms with van der Waals surface area (Å²) in [6.07, 6.45) is 7.10. The molecule has 0 spiro atoms. The molecule has 2 aromatic rings. The van der Waals surface area contributed by atoms with E-state index in [1.165, 1.54) is 0 Å². The van der Waals surface area contributed by atoms with Gasteiger partial charge >= 0.3 is 0 Å². The average Bonchev–Trinajstić information content (AvgIpc) is 3.35. The maximum atomic E-state index is 14.1. The second kappa shape index (κ2) is 11.8. The molecular weight excluding hydrogens is 517 g/mol. The van der Waals surface area contributed by atoms with Crippen molar-refractivity contribution in [3.05, 3.63) is 64.5 Å². The molecule has 1 aliphatic heterocycles. The van der Waals surface area contributed by atoms with Crippen LogP contribution in [0.3, 0.4) is 0 Å². The SMILES string of the molecule is O=S(=O)(NCC1(Cc2ccc(CCOC3CCCCO3)cc2)CCCC1)c1c(F)c(F)c(F)c(F)c1F. The third-order valence-corrected chi connectivity index (χ3v) is 8.59. The predicted molar refractivity (Wildman–Crippen MR) is 126 cm³/mol. The lowest BCUT2D eigenvalue weighted by molar-refractivity contribution is -0.161. The highest BCUT2D eigenvalue weighted by molar-refractivity contribution is 7.89. The highest BCUT2D eigenvalue weighted by Crippen LogP contribution is 2.41. The summed E-state index contributed by atoms with van der Waals surface area (Å²) < 4.78 is 107. The first-order chi connectivity index (χ1) is 17.6. The van der Waals surface area contributed by atoms with Crippen molar-refractivity contribution in [3.8, 4) is 0 Å². The molecule has 0 bridgehead atoms. The number of benzene rings is 2. The number of nitrogens with one attached hydrogen (secondary N) is 1. The lowest BCUT2D eigenvalue weighted by Crippen LogP contribution is -2.38. The van der Waals surface area contributed by atoms with Crippen LogP contribution in [0.15, 0.2) is 29.2 Å². The van der Waals surface area contributed by atoms with Crippen molar-refractivity contribution in [2.75, 3.05) is 19.8 Å². The molecule has 5 nitrogen and oxygen atoms in total. The summed E-state index contributed by atoms with van der Waals surface area (Å²) in [5.41, 5.74) is 1.49. The minimum absolute atomic E-state index is 0.149. The van der Waals surface area contributed by atoms with E-state index in [0.717, 1.165) is 49.8 Å². The van der Waals surface area contributed by atoms with Gasteiger partial charge in [0.2, 0.25) is 15.8 Å². The topological polar surface area (TPSA) is 64.6 Å². The van der Waals surface area contributed by atoms with Crippen LogP contribution in [-0.2, 0) is 32.3 Å². The van der Waals surface area contributed by atoms with E-state index in [0.29, 0.717) is 32.3 Å². The Morgan fingerprint density at radius 3 is 2.05 bits per heavy atom. The molecule has 0 aromatic heterocycles. The summed E-state index contributed by atoms with van der Waals surface area (Å²) in [6.45, 7) is 1.07. The molecule has 2 fully saturated rings. The molecule has 37 heavy (non-hydrogen) atoms. The van der Waals surface area contributed by atoms with E-state index in [1.54, 1.807) is 0 Å². The fourth-order valence-corrected chi connectivity index (χ4v) is 6.38. The van der Waals surface area contributed by atoms with Crippen LogP contribution in [0.25, 0.3) is 0 Å². The van der Waals surface area contributed by atoms with Crippen LogP contribution in [0.5, 0.6) is 0 Å². The van der Waals surface area contributed by atoms with Gasteiger partial charge in [-0.3, -0.25) is 0 Å². The molecule has 204 valence electrons. The average molecular weight is 548 g/mol. The molecule has 1 saturated carbocycles. The van der Waals surface area contributed by atoms with Crippen molar-refractivity contribution in [3.63, 3.8) is 0 Å². The summed E-state index contributed by atoms with van der Waals surface area (Å²) in [4.78, 5) is -1.86. The van der Waals surface area contributed by atoms with E-state index in [-0.39, 0.29) is 12.8 Å². The van der Waals surface area contributed by atoms with E-state index in [4.69, 9.17) is 9.47 Å². The summed E-state index contributed by atoms with van der Waals surface area (Å²) in [6, 6.07) is 7.85. The van der Waals surface area contributed by atoms with Crippen LogP contribution in [-0.4, -0.2) is 34.5 Å². The monoisotopic (exact) mass is 547 g/mol. The second-order valence-corrected chi connectivity index (χ2v) is 11.5. The van der Waals surface area contributed by atoms with Crippen molar-refractivity contribution in [1.82, 2.24) is 4.72 Å². The molecule has 1 saturated heterocycles. The van der Waals surface area contributed by atoms with Crippen LogP contribution < -0.4 is 4.72 Å². The van der Waals surface area contributed by atoms with Gasteiger partial charge in [-0.05, 0) is 61.5 Å². The van der Waals surface area contributed by atoms with Crippen LogP contribution in [0, 0.1) is 34.5 Å². The molecule has 1 unspecified atom stereocenters. The van der Waals surface area contributed by atoms with Gasteiger partial charge in [-0.2, -0.15) is 0 Å². The Hall–Kier alpha value is -2.08. The van der Waals surface area contributed by atoms with E-state index < -0.39 is 49.4 Å². The summed E-state index contributed by atoms with van der Waals surface area (Å²) in [7, 11) is -5.00. The van der Waals surface area contributed by atoms with Crippen molar-refractivity contribution in [2.45, 2.75) is 69.0 Å². The summed E-state index contributed by atoms with van der Waals surface area (Å²) in [5, 5.41) is 0. The fourth-order valence-electron chi connectivity index (χ4n) is 5.09. The number of hydrogen-bond acceptors (Lipinski definition) is 4. The smallest absolute Gasteiger partial charge is 0.246 e. The van der Waals surface area contributed by atoms with Gasteiger partial charge in [0.05, 0.1) is 6.61 Å². The summed E-state index contributed by atoms with van der Waals surface area (Å²) in [5.74, 6) is -11.8. The first-order valence-corrected chi connectivity index (χ1v) is 13.9. The molecule has 2 aromatic carbocycles. The Morgan fingerprint density at radius 1 is 0.865 bits per heavy atom. The Kier molecular flexibility index (Phi) is 8.88. The van der Waals surface area contributed by atoms with Crippen molar-refractivity contribution < 1.29 is 39.8 Å². The minimum Gasteiger partial charge on any atom is -0.353 e. The summed E-state index contributed by atoms with van der Waals surface area (Å²) >= 11 is 0. The quantitative estimate of drug-likeness (QED) is 0.241. The number of sulfonamides is 1. The molecule has 0 radical (unpaired) electrons.